The molecule has 0 saturated carbocycles. The van der Waals surface area contributed by atoms with E-state index in [0.29, 0.717) is 12.8 Å². The molecule has 10 nitrogen and oxygen atoms in total. The summed E-state index contributed by atoms with van der Waals surface area (Å²) in [7, 11) is 0. The Balaban J connectivity index is 1.65. The molecule has 0 unspecified atom stereocenters. The van der Waals surface area contributed by atoms with Crippen molar-refractivity contribution in [2.75, 3.05) is 6.61 Å². The number of aliphatic hydroxyl groups is 1. The van der Waals surface area contributed by atoms with Crippen LogP contribution in [0.1, 0.15) is 200 Å². The zero-order valence-corrected chi connectivity index (χ0v) is 34.5. The topological polar surface area (TPSA) is 137 Å². The van der Waals surface area contributed by atoms with Gasteiger partial charge in [-0.05, 0) is 64.2 Å². The van der Waals surface area contributed by atoms with Crippen LogP contribution >= 0.6 is 0 Å². The molecule has 1 aliphatic heterocycles. The van der Waals surface area contributed by atoms with E-state index in [1.54, 1.807) is 0 Å². The normalized spacial score (nSPS) is 18.5. The summed E-state index contributed by atoms with van der Waals surface area (Å²) in [5.41, 5.74) is -1.34. The molecule has 2 rings (SSSR count). The van der Waals surface area contributed by atoms with E-state index in [4.69, 9.17) is 14.2 Å². The van der Waals surface area contributed by atoms with Gasteiger partial charge in [-0.2, -0.15) is 0 Å². The number of ether oxygens (including phenoxy) is 3. The van der Waals surface area contributed by atoms with Crippen molar-refractivity contribution in [2.45, 2.75) is 218 Å². The summed E-state index contributed by atoms with van der Waals surface area (Å²) in [5.74, 6) is -0.898. The first kappa shape index (κ1) is 48.2. The number of aromatic nitrogens is 2. The first-order valence-electron chi connectivity index (χ1n) is 22.2. The molecule has 314 valence electrons. The number of carbonyl (C=O) groups is 2. The number of H-pyrrole nitrogens is 1. The third-order valence-electron chi connectivity index (χ3n) is 10.4. The lowest BCUT2D eigenvalue weighted by Gasteiger charge is -2.22. The van der Waals surface area contributed by atoms with Crippen molar-refractivity contribution in [1.82, 2.24) is 9.55 Å². The lowest BCUT2D eigenvalue weighted by Crippen LogP contribution is -2.40. The predicted octanol–water partition coefficient (Wildman–Crippen LogP) is 10.3. The van der Waals surface area contributed by atoms with Crippen LogP contribution in [0.5, 0.6) is 0 Å². The monoisotopic (exact) mass is 773 g/mol. The summed E-state index contributed by atoms with van der Waals surface area (Å²) < 4.78 is 18.1. The van der Waals surface area contributed by atoms with Crippen LogP contribution in [0.2, 0.25) is 0 Å². The number of hydrogen-bond donors (Lipinski definition) is 2. The summed E-state index contributed by atoms with van der Waals surface area (Å²) in [6.07, 6.45) is 36.3. The Labute approximate surface area is 331 Å². The van der Waals surface area contributed by atoms with Crippen LogP contribution in [0.3, 0.4) is 0 Å². The van der Waals surface area contributed by atoms with E-state index in [-0.39, 0.29) is 19.4 Å². The molecule has 1 aromatic heterocycles. The predicted molar refractivity (Wildman–Crippen MR) is 221 cm³/mol. The van der Waals surface area contributed by atoms with Gasteiger partial charge in [-0.1, -0.05) is 141 Å². The quantitative estimate of drug-likeness (QED) is 0.0401. The minimum absolute atomic E-state index is 0.171. The maximum atomic E-state index is 12.9. The summed E-state index contributed by atoms with van der Waals surface area (Å²) in [5, 5.41) is 11.1. The van der Waals surface area contributed by atoms with Crippen LogP contribution in [0.15, 0.2) is 46.2 Å². The second-order valence-corrected chi connectivity index (χ2v) is 15.4. The van der Waals surface area contributed by atoms with Gasteiger partial charge < -0.3 is 19.3 Å². The third kappa shape index (κ3) is 23.0. The number of allylic oxidation sites excluding steroid dienone is 4. The fourth-order valence-electron chi connectivity index (χ4n) is 6.97. The lowest BCUT2D eigenvalue weighted by atomic mass is 10.1. The van der Waals surface area contributed by atoms with Crippen molar-refractivity contribution in [2.24, 2.45) is 0 Å². The van der Waals surface area contributed by atoms with Crippen LogP contribution in [0, 0.1) is 0 Å². The SMILES string of the molecule is CCCCCCCC/C=C\CCCCCCCC(=O)OC[C@H]1O[C@@H](n2ccc(=O)[nH]c2=O)[C@H](OC(=O)CCCCCCC/C=C\CCCCCCCC)[C@@H]1O. The number of aromatic amines is 1. The molecule has 0 bridgehead atoms. The van der Waals surface area contributed by atoms with Crippen molar-refractivity contribution < 1.29 is 28.9 Å². The highest BCUT2D eigenvalue weighted by Crippen LogP contribution is 2.32. The number of carbonyl (C=O) groups excluding carboxylic acids is 2. The van der Waals surface area contributed by atoms with Crippen LogP contribution in [-0.2, 0) is 23.8 Å². The van der Waals surface area contributed by atoms with Crippen molar-refractivity contribution in [1.29, 1.82) is 0 Å². The standard InChI is InChI=1S/C45H76N2O8/c1-3-5-7-9-11-13-15-17-19-21-23-25-27-29-31-33-40(49)53-37-38-42(51)43(44(54-38)47-36-35-39(48)46-45(47)52)55-41(50)34-32-30-28-26-24-22-20-18-16-14-12-10-8-6-4-2/h17-20,35-36,38,42-44,51H,3-16,21-34,37H2,1-2H3,(H,46,48,52)/b19-17-,20-18-/t38-,42-,43-,44-/m1/s1. The number of esters is 2. The number of rotatable bonds is 34. The molecule has 1 fully saturated rings. The van der Waals surface area contributed by atoms with Crippen LogP contribution in [0.25, 0.3) is 0 Å². The van der Waals surface area contributed by atoms with E-state index in [2.05, 4.69) is 43.1 Å². The zero-order valence-electron chi connectivity index (χ0n) is 34.5. The molecular formula is C45H76N2O8. The van der Waals surface area contributed by atoms with Crippen molar-refractivity contribution in [3.63, 3.8) is 0 Å². The van der Waals surface area contributed by atoms with E-state index < -0.39 is 47.7 Å². The third-order valence-corrected chi connectivity index (χ3v) is 10.4. The molecule has 1 aliphatic rings. The van der Waals surface area contributed by atoms with E-state index in [0.717, 1.165) is 81.3 Å². The Morgan fingerprint density at radius 1 is 0.673 bits per heavy atom. The van der Waals surface area contributed by atoms with Crippen molar-refractivity contribution in [3.8, 4) is 0 Å². The fraction of sp³-hybridized carbons (Fsp3) is 0.778. The largest absolute Gasteiger partial charge is 0.463 e. The number of nitrogens with one attached hydrogen (secondary N) is 1. The Hall–Kier alpha value is -2.98. The van der Waals surface area contributed by atoms with Gasteiger partial charge in [0.2, 0.25) is 0 Å². The Morgan fingerprint density at radius 2 is 1.11 bits per heavy atom. The molecule has 4 atom stereocenters. The minimum atomic E-state index is -1.34. The minimum Gasteiger partial charge on any atom is -0.463 e. The van der Waals surface area contributed by atoms with Crippen molar-refractivity contribution >= 4 is 11.9 Å². The van der Waals surface area contributed by atoms with E-state index in [9.17, 15) is 24.3 Å². The highest BCUT2D eigenvalue weighted by atomic mass is 16.6. The van der Waals surface area contributed by atoms with Gasteiger partial charge in [-0.25, -0.2) is 4.79 Å². The fourth-order valence-corrected chi connectivity index (χ4v) is 6.97. The summed E-state index contributed by atoms with van der Waals surface area (Å²) in [6, 6.07) is 1.16. The number of nitrogens with zero attached hydrogens (tertiary/aromatic N) is 1. The van der Waals surface area contributed by atoms with E-state index in [1.807, 2.05) is 0 Å². The molecule has 0 spiro atoms. The van der Waals surface area contributed by atoms with E-state index >= 15 is 0 Å². The number of aliphatic hydroxyl groups excluding tert-OH is 1. The first-order valence-corrected chi connectivity index (χ1v) is 22.2. The molecule has 55 heavy (non-hydrogen) atoms. The van der Waals surface area contributed by atoms with Crippen LogP contribution in [-0.4, -0.2) is 51.5 Å². The molecule has 0 aliphatic carbocycles. The first-order chi connectivity index (χ1) is 26.9. The molecule has 0 aromatic carbocycles. The molecule has 1 aromatic rings. The van der Waals surface area contributed by atoms with Gasteiger partial charge in [0.05, 0.1) is 0 Å². The highest BCUT2D eigenvalue weighted by molar-refractivity contribution is 5.70. The summed E-state index contributed by atoms with van der Waals surface area (Å²) in [4.78, 5) is 51.8. The van der Waals surface area contributed by atoms with Gasteiger partial charge in [-0.3, -0.25) is 23.9 Å². The van der Waals surface area contributed by atoms with Gasteiger partial charge in [0, 0.05) is 25.1 Å². The lowest BCUT2D eigenvalue weighted by molar-refractivity contribution is -0.159. The maximum Gasteiger partial charge on any atom is 0.330 e. The highest BCUT2D eigenvalue weighted by Gasteiger charge is 2.48. The second kappa shape index (κ2) is 32.1. The zero-order chi connectivity index (χ0) is 39.8. The Bertz CT molecular complexity index is 1300. The van der Waals surface area contributed by atoms with Crippen LogP contribution < -0.4 is 11.2 Å². The molecule has 2 heterocycles. The molecule has 0 radical (unpaired) electrons. The molecular weight excluding hydrogens is 697 g/mol. The average Bonchev–Trinajstić information content (AvgIpc) is 3.47. The summed E-state index contributed by atoms with van der Waals surface area (Å²) in [6.45, 7) is 4.24. The molecule has 0 amide bonds. The maximum absolute atomic E-state index is 12.9. The van der Waals surface area contributed by atoms with Gasteiger partial charge >= 0.3 is 17.6 Å². The van der Waals surface area contributed by atoms with Gasteiger partial charge in [-0.15, -0.1) is 0 Å². The van der Waals surface area contributed by atoms with Crippen LogP contribution in [0.4, 0.5) is 0 Å². The van der Waals surface area contributed by atoms with Gasteiger partial charge in [0.15, 0.2) is 12.3 Å². The molecule has 2 N–H and O–H groups in total. The summed E-state index contributed by atoms with van der Waals surface area (Å²) >= 11 is 0. The molecule has 1 saturated heterocycles. The number of hydrogen-bond acceptors (Lipinski definition) is 8. The molecule has 10 heteroatoms. The van der Waals surface area contributed by atoms with Crippen molar-refractivity contribution in [3.05, 3.63) is 57.4 Å². The Morgan fingerprint density at radius 3 is 1.58 bits per heavy atom. The average molecular weight is 773 g/mol. The van der Waals surface area contributed by atoms with Gasteiger partial charge in [0.1, 0.15) is 18.8 Å². The van der Waals surface area contributed by atoms with Gasteiger partial charge in [0.25, 0.3) is 5.56 Å². The Kier molecular flexibility index (Phi) is 28.2. The smallest absolute Gasteiger partial charge is 0.330 e. The number of unbranched alkanes of at least 4 members (excludes halogenated alkanes) is 22. The van der Waals surface area contributed by atoms with E-state index in [1.165, 1.54) is 89.7 Å². The second-order valence-electron chi connectivity index (χ2n) is 15.4.